The van der Waals surface area contributed by atoms with E-state index in [9.17, 15) is 5.26 Å². The fraction of sp³-hybridized carbons (Fsp3) is 0.533. The Morgan fingerprint density at radius 2 is 1.83 bits per heavy atom. The Labute approximate surface area is 110 Å². The Bertz CT molecular complexity index is 460. The van der Waals surface area contributed by atoms with Crippen molar-refractivity contribution in [2.24, 2.45) is 17.6 Å². The van der Waals surface area contributed by atoms with Crippen molar-refractivity contribution < 1.29 is 4.74 Å². The van der Waals surface area contributed by atoms with Crippen molar-refractivity contribution in [1.82, 2.24) is 0 Å². The molecule has 0 aliphatic rings. The van der Waals surface area contributed by atoms with Crippen LogP contribution in [0.25, 0.3) is 0 Å². The van der Waals surface area contributed by atoms with E-state index in [2.05, 4.69) is 6.07 Å². The predicted molar refractivity (Wildman–Crippen MR) is 73.3 cm³/mol. The molecule has 1 aromatic carbocycles. The lowest BCUT2D eigenvalue weighted by Crippen LogP contribution is -2.25. The standard InChI is InChI=1S/C15H22N2O/c1-9(2)13(8-16)15(17)12-6-7-14(18-5)11(4)10(12)3/h6-7,9,13,15H,17H2,1-5H3. The van der Waals surface area contributed by atoms with Gasteiger partial charge in [0, 0.05) is 6.04 Å². The fourth-order valence-corrected chi connectivity index (χ4v) is 2.24. The van der Waals surface area contributed by atoms with Gasteiger partial charge in [-0.1, -0.05) is 19.9 Å². The van der Waals surface area contributed by atoms with Crippen LogP contribution in [0.3, 0.4) is 0 Å². The van der Waals surface area contributed by atoms with E-state index in [0.29, 0.717) is 0 Å². The monoisotopic (exact) mass is 246 g/mol. The second-order valence-electron chi connectivity index (χ2n) is 5.03. The summed E-state index contributed by atoms with van der Waals surface area (Å²) in [5.74, 6) is 0.935. The molecule has 3 nitrogen and oxygen atoms in total. The molecule has 2 N–H and O–H groups in total. The molecule has 0 bridgehead atoms. The van der Waals surface area contributed by atoms with E-state index in [1.807, 2.05) is 39.8 Å². The number of hydrogen-bond acceptors (Lipinski definition) is 3. The zero-order valence-corrected chi connectivity index (χ0v) is 11.8. The van der Waals surface area contributed by atoms with Gasteiger partial charge < -0.3 is 10.5 Å². The number of rotatable bonds is 4. The molecule has 98 valence electrons. The lowest BCUT2D eigenvalue weighted by Gasteiger charge is -2.24. The largest absolute Gasteiger partial charge is 0.496 e. The number of nitrogens with two attached hydrogens (primary N) is 1. The highest BCUT2D eigenvalue weighted by Gasteiger charge is 2.24. The highest BCUT2D eigenvalue weighted by atomic mass is 16.5. The minimum absolute atomic E-state index is 0.170. The van der Waals surface area contributed by atoms with Crippen LogP contribution in [0.1, 0.15) is 36.6 Å². The number of hydrogen-bond donors (Lipinski definition) is 1. The van der Waals surface area contributed by atoms with Crippen molar-refractivity contribution in [3.05, 3.63) is 28.8 Å². The minimum atomic E-state index is -0.250. The summed E-state index contributed by atoms with van der Waals surface area (Å²) < 4.78 is 5.29. The fourth-order valence-electron chi connectivity index (χ4n) is 2.24. The van der Waals surface area contributed by atoms with E-state index >= 15 is 0 Å². The van der Waals surface area contributed by atoms with Gasteiger partial charge in [-0.3, -0.25) is 0 Å². The molecule has 0 radical (unpaired) electrons. The van der Waals surface area contributed by atoms with Gasteiger partial charge in [0.2, 0.25) is 0 Å². The Morgan fingerprint density at radius 1 is 1.22 bits per heavy atom. The molecule has 2 unspecified atom stereocenters. The predicted octanol–water partition coefficient (Wildman–Crippen LogP) is 3.11. The first-order valence-corrected chi connectivity index (χ1v) is 6.23. The molecule has 18 heavy (non-hydrogen) atoms. The van der Waals surface area contributed by atoms with Gasteiger partial charge in [-0.2, -0.15) is 5.26 Å². The second kappa shape index (κ2) is 5.88. The smallest absolute Gasteiger partial charge is 0.122 e. The Balaban J connectivity index is 3.19. The van der Waals surface area contributed by atoms with E-state index in [4.69, 9.17) is 10.5 Å². The van der Waals surface area contributed by atoms with Crippen LogP contribution in [0, 0.1) is 37.0 Å². The van der Waals surface area contributed by atoms with Crippen LogP contribution in [-0.4, -0.2) is 7.11 Å². The van der Waals surface area contributed by atoms with E-state index in [1.54, 1.807) is 7.11 Å². The van der Waals surface area contributed by atoms with Crippen molar-refractivity contribution in [3.8, 4) is 11.8 Å². The van der Waals surface area contributed by atoms with E-state index in [1.165, 1.54) is 0 Å². The van der Waals surface area contributed by atoms with Crippen LogP contribution >= 0.6 is 0 Å². The summed E-state index contributed by atoms with van der Waals surface area (Å²) in [6.07, 6.45) is 0. The van der Waals surface area contributed by atoms with Crippen molar-refractivity contribution >= 4 is 0 Å². The average Bonchev–Trinajstić information content (AvgIpc) is 2.32. The third kappa shape index (κ3) is 2.65. The highest BCUT2D eigenvalue weighted by Crippen LogP contribution is 2.32. The first kappa shape index (κ1) is 14.5. The maximum atomic E-state index is 9.23. The number of ether oxygens (including phenoxy) is 1. The molecule has 0 spiro atoms. The molecule has 0 amide bonds. The van der Waals surface area contributed by atoms with Crippen molar-refractivity contribution in [3.63, 3.8) is 0 Å². The summed E-state index contributed by atoms with van der Waals surface area (Å²) in [5.41, 5.74) is 9.49. The van der Waals surface area contributed by atoms with Gasteiger partial charge in [-0.15, -0.1) is 0 Å². The molecule has 0 saturated heterocycles. The normalized spacial score (nSPS) is 14.1. The molecule has 0 heterocycles. The number of benzene rings is 1. The summed E-state index contributed by atoms with van der Waals surface area (Å²) in [4.78, 5) is 0. The van der Waals surface area contributed by atoms with E-state index < -0.39 is 0 Å². The van der Waals surface area contributed by atoms with Gasteiger partial charge in [0.1, 0.15) is 5.75 Å². The van der Waals surface area contributed by atoms with Gasteiger partial charge in [-0.05, 0) is 42.5 Å². The molecule has 3 heteroatoms. The summed E-state index contributed by atoms with van der Waals surface area (Å²) >= 11 is 0. The Kier molecular flexibility index (Phi) is 4.75. The molecular weight excluding hydrogens is 224 g/mol. The third-order valence-electron chi connectivity index (χ3n) is 3.61. The Hall–Kier alpha value is -1.53. The topological polar surface area (TPSA) is 59.0 Å². The summed E-state index contributed by atoms with van der Waals surface area (Å²) in [7, 11) is 1.66. The van der Waals surface area contributed by atoms with Crippen molar-refractivity contribution in [1.29, 1.82) is 5.26 Å². The lowest BCUT2D eigenvalue weighted by molar-refractivity contribution is 0.398. The van der Waals surface area contributed by atoms with E-state index in [-0.39, 0.29) is 17.9 Å². The first-order chi connectivity index (χ1) is 8.43. The van der Waals surface area contributed by atoms with Crippen LogP contribution in [0.5, 0.6) is 5.75 Å². The van der Waals surface area contributed by atoms with Gasteiger partial charge in [0.05, 0.1) is 19.1 Å². The highest BCUT2D eigenvalue weighted by molar-refractivity contribution is 5.45. The number of methoxy groups -OCH3 is 1. The van der Waals surface area contributed by atoms with Crippen LogP contribution < -0.4 is 10.5 Å². The van der Waals surface area contributed by atoms with Crippen LogP contribution in [0.15, 0.2) is 12.1 Å². The number of nitriles is 1. The average molecular weight is 246 g/mol. The molecular formula is C15H22N2O. The first-order valence-electron chi connectivity index (χ1n) is 6.23. The maximum Gasteiger partial charge on any atom is 0.122 e. The number of nitrogens with zero attached hydrogens (tertiary/aromatic N) is 1. The van der Waals surface area contributed by atoms with Crippen LogP contribution in [0.2, 0.25) is 0 Å². The maximum absolute atomic E-state index is 9.23. The van der Waals surface area contributed by atoms with E-state index in [0.717, 1.165) is 22.4 Å². The molecule has 1 rings (SSSR count). The minimum Gasteiger partial charge on any atom is -0.496 e. The summed E-state index contributed by atoms with van der Waals surface area (Å²) in [6, 6.07) is 5.96. The van der Waals surface area contributed by atoms with Crippen molar-refractivity contribution in [2.75, 3.05) is 7.11 Å². The lowest BCUT2D eigenvalue weighted by atomic mass is 9.83. The molecule has 0 saturated carbocycles. The zero-order valence-electron chi connectivity index (χ0n) is 11.8. The summed E-state index contributed by atoms with van der Waals surface area (Å²) in [5, 5.41) is 9.23. The van der Waals surface area contributed by atoms with Crippen LogP contribution in [0.4, 0.5) is 0 Å². The molecule has 0 aromatic heterocycles. The Morgan fingerprint density at radius 3 is 2.28 bits per heavy atom. The molecule has 0 aliphatic carbocycles. The van der Waals surface area contributed by atoms with Crippen LogP contribution in [-0.2, 0) is 0 Å². The summed E-state index contributed by atoms with van der Waals surface area (Å²) in [6.45, 7) is 8.10. The quantitative estimate of drug-likeness (QED) is 0.888. The molecule has 0 fully saturated rings. The second-order valence-corrected chi connectivity index (χ2v) is 5.03. The van der Waals surface area contributed by atoms with Gasteiger partial charge in [-0.25, -0.2) is 0 Å². The van der Waals surface area contributed by atoms with Gasteiger partial charge in [0.15, 0.2) is 0 Å². The third-order valence-corrected chi connectivity index (χ3v) is 3.61. The molecule has 2 atom stereocenters. The SMILES string of the molecule is COc1ccc(C(N)C(C#N)C(C)C)c(C)c1C. The molecule has 0 aliphatic heterocycles. The molecule has 1 aromatic rings. The van der Waals surface area contributed by atoms with Gasteiger partial charge >= 0.3 is 0 Å². The van der Waals surface area contributed by atoms with Crippen molar-refractivity contribution in [2.45, 2.75) is 33.7 Å². The van der Waals surface area contributed by atoms with Gasteiger partial charge in [0.25, 0.3) is 0 Å². The zero-order chi connectivity index (χ0) is 13.9.